The third kappa shape index (κ3) is 3.70. The molecule has 0 spiro atoms. The maximum Gasteiger partial charge on any atom is 0.223 e. The van der Waals surface area contributed by atoms with Gasteiger partial charge in [-0.1, -0.05) is 47.5 Å². The number of carbonyl (C=O) groups excluding carboxylic acids is 1. The van der Waals surface area contributed by atoms with Gasteiger partial charge in [-0.05, 0) is 36.2 Å². The number of hydrogen-bond acceptors (Lipinski definition) is 3. The smallest absolute Gasteiger partial charge is 0.223 e. The molecule has 0 aliphatic heterocycles. The van der Waals surface area contributed by atoms with Crippen molar-refractivity contribution in [2.45, 2.75) is 13.5 Å². The predicted octanol–water partition coefficient (Wildman–Crippen LogP) is 4.85. The van der Waals surface area contributed by atoms with Crippen molar-refractivity contribution in [2.24, 2.45) is 7.05 Å². The van der Waals surface area contributed by atoms with Crippen LogP contribution >= 0.6 is 23.2 Å². The molecule has 0 fully saturated rings. The molecule has 25 heavy (non-hydrogen) atoms. The molecule has 0 saturated carbocycles. The first-order valence-corrected chi connectivity index (χ1v) is 8.42. The number of nitrogens with zero attached hydrogens (tertiary/aromatic N) is 2. The van der Waals surface area contributed by atoms with Gasteiger partial charge in [-0.25, -0.2) is 4.68 Å². The van der Waals surface area contributed by atoms with Gasteiger partial charge in [0.05, 0.1) is 11.2 Å². The highest BCUT2D eigenvalue weighted by atomic mass is 35.5. The molecule has 3 rings (SSSR count). The fraction of sp³-hybridized carbons (Fsp3) is 0.158. The molecule has 0 amide bonds. The van der Waals surface area contributed by atoms with Gasteiger partial charge >= 0.3 is 0 Å². The van der Waals surface area contributed by atoms with Crippen molar-refractivity contribution in [2.75, 3.05) is 0 Å². The Morgan fingerprint density at radius 2 is 1.92 bits per heavy atom. The van der Waals surface area contributed by atoms with Crippen LogP contribution < -0.4 is 4.74 Å². The van der Waals surface area contributed by atoms with Crippen LogP contribution in [-0.4, -0.2) is 15.6 Å². The molecule has 1 heterocycles. The van der Waals surface area contributed by atoms with Crippen LogP contribution in [0.2, 0.25) is 10.0 Å². The summed E-state index contributed by atoms with van der Waals surface area (Å²) in [5.74, 6) is 0.147. The van der Waals surface area contributed by atoms with Crippen LogP contribution in [0.1, 0.15) is 27.0 Å². The van der Waals surface area contributed by atoms with Crippen LogP contribution in [0, 0.1) is 6.92 Å². The van der Waals surface area contributed by atoms with Crippen molar-refractivity contribution in [3.05, 3.63) is 81.0 Å². The summed E-state index contributed by atoms with van der Waals surface area (Å²) in [5, 5.41) is 4.92. The highest BCUT2D eigenvalue weighted by Gasteiger charge is 2.21. The topological polar surface area (TPSA) is 44.1 Å². The maximum atomic E-state index is 12.8. The molecule has 0 bridgehead atoms. The molecule has 0 atom stereocenters. The lowest BCUT2D eigenvalue weighted by Crippen LogP contribution is -2.08. The molecule has 0 N–H and O–H groups in total. The monoisotopic (exact) mass is 374 g/mol. The second-order valence-electron chi connectivity index (χ2n) is 5.66. The van der Waals surface area contributed by atoms with E-state index < -0.39 is 0 Å². The van der Waals surface area contributed by atoms with E-state index >= 15 is 0 Å². The number of halogens is 2. The quantitative estimate of drug-likeness (QED) is 0.599. The predicted molar refractivity (Wildman–Crippen MR) is 98.6 cm³/mol. The van der Waals surface area contributed by atoms with E-state index in [1.165, 1.54) is 10.9 Å². The van der Waals surface area contributed by atoms with E-state index in [-0.39, 0.29) is 5.78 Å². The van der Waals surface area contributed by atoms with E-state index in [0.717, 1.165) is 11.1 Å². The minimum absolute atomic E-state index is 0.255. The van der Waals surface area contributed by atoms with Crippen LogP contribution in [0.15, 0.2) is 48.7 Å². The largest absolute Gasteiger partial charge is 0.472 e. The highest BCUT2D eigenvalue weighted by Crippen LogP contribution is 2.27. The lowest BCUT2D eigenvalue weighted by molar-refractivity contribution is 0.103. The number of benzene rings is 2. The average molecular weight is 375 g/mol. The summed E-state index contributed by atoms with van der Waals surface area (Å²) in [4.78, 5) is 12.8. The van der Waals surface area contributed by atoms with Gasteiger partial charge in [-0.15, -0.1) is 0 Å². The van der Waals surface area contributed by atoms with Gasteiger partial charge in [-0.3, -0.25) is 4.79 Å². The van der Waals surface area contributed by atoms with E-state index in [9.17, 15) is 4.79 Å². The van der Waals surface area contributed by atoms with Crippen LogP contribution in [0.4, 0.5) is 0 Å². The zero-order valence-electron chi connectivity index (χ0n) is 13.8. The third-order valence-electron chi connectivity index (χ3n) is 3.93. The van der Waals surface area contributed by atoms with Gasteiger partial charge in [0.1, 0.15) is 12.2 Å². The molecule has 6 heteroatoms. The Morgan fingerprint density at radius 3 is 2.64 bits per heavy atom. The first-order valence-electron chi connectivity index (χ1n) is 7.66. The molecule has 0 unspecified atom stereocenters. The molecule has 128 valence electrons. The Bertz CT molecular complexity index is 935. The SMILES string of the molecule is Cc1ccccc1COc1c(C(=O)c2ccc(Cl)cc2Cl)cnn1C. The molecule has 2 aromatic carbocycles. The Balaban J connectivity index is 1.89. The van der Waals surface area contributed by atoms with Crippen molar-refractivity contribution in [3.8, 4) is 5.88 Å². The van der Waals surface area contributed by atoms with Gasteiger partial charge in [-0.2, -0.15) is 5.10 Å². The first-order chi connectivity index (χ1) is 12.0. The van der Waals surface area contributed by atoms with Gasteiger partial charge in [0.25, 0.3) is 0 Å². The number of aromatic nitrogens is 2. The van der Waals surface area contributed by atoms with E-state index in [2.05, 4.69) is 5.10 Å². The molecular formula is C19H16Cl2N2O2. The van der Waals surface area contributed by atoms with E-state index in [4.69, 9.17) is 27.9 Å². The number of aryl methyl sites for hydroxylation is 2. The molecule has 3 aromatic rings. The van der Waals surface area contributed by atoms with E-state index in [1.54, 1.807) is 25.2 Å². The fourth-order valence-electron chi connectivity index (χ4n) is 2.49. The molecule has 0 radical (unpaired) electrons. The van der Waals surface area contributed by atoms with Crippen LogP contribution in [0.3, 0.4) is 0 Å². The molecule has 0 saturated heterocycles. The van der Waals surface area contributed by atoms with Crippen molar-refractivity contribution in [1.29, 1.82) is 0 Å². The molecular weight excluding hydrogens is 359 g/mol. The number of hydrogen-bond donors (Lipinski definition) is 0. The second-order valence-corrected chi connectivity index (χ2v) is 6.50. The maximum absolute atomic E-state index is 12.8. The standard InChI is InChI=1S/C19H16Cl2N2O2/c1-12-5-3-4-6-13(12)11-25-19-16(10-22-23(19)2)18(24)15-8-7-14(20)9-17(15)21/h3-10H,11H2,1-2H3. The average Bonchev–Trinajstić information content (AvgIpc) is 2.94. The van der Waals surface area contributed by atoms with E-state index in [0.29, 0.717) is 33.7 Å². The Kier molecular flexibility index (Phi) is 5.11. The number of rotatable bonds is 5. The third-order valence-corrected chi connectivity index (χ3v) is 4.48. The zero-order chi connectivity index (χ0) is 18.0. The van der Waals surface area contributed by atoms with Crippen molar-refractivity contribution in [1.82, 2.24) is 9.78 Å². The van der Waals surface area contributed by atoms with Crippen LogP contribution in [0.25, 0.3) is 0 Å². The number of carbonyl (C=O) groups is 1. The van der Waals surface area contributed by atoms with Crippen LogP contribution in [-0.2, 0) is 13.7 Å². The van der Waals surface area contributed by atoms with Crippen molar-refractivity contribution in [3.63, 3.8) is 0 Å². The van der Waals surface area contributed by atoms with Crippen molar-refractivity contribution >= 4 is 29.0 Å². The van der Waals surface area contributed by atoms with Gasteiger partial charge in [0.15, 0.2) is 0 Å². The Labute approximate surface area is 155 Å². The molecule has 4 nitrogen and oxygen atoms in total. The Hall–Kier alpha value is -2.30. The van der Waals surface area contributed by atoms with E-state index in [1.807, 2.05) is 31.2 Å². The summed E-state index contributed by atoms with van der Waals surface area (Å²) in [7, 11) is 1.73. The summed E-state index contributed by atoms with van der Waals surface area (Å²) in [6.07, 6.45) is 1.49. The normalized spacial score (nSPS) is 10.7. The van der Waals surface area contributed by atoms with Gasteiger partial charge in [0, 0.05) is 17.6 Å². The minimum Gasteiger partial charge on any atom is -0.472 e. The Morgan fingerprint density at radius 1 is 1.16 bits per heavy atom. The first kappa shape index (κ1) is 17.5. The highest BCUT2D eigenvalue weighted by molar-refractivity contribution is 6.37. The second kappa shape index (κ2) is 7.30. The molecule has 1 aromatic heterocycles. The molecule has 0 aliphatic carbocycles. The number of ketones is 1. The lowest BCUT2D eigenvalue weighted by Gasteiger charge is -2.11. The summed E-state index contributed by atoms with van der Waals surface area (Å²) >= 11 is 12.1. The molecule has 0 aliphatic rings. The summed E-state index contributed by atoms with van der Waals surface area (Å²) < 4.78 is 7.43. The van der Waals surface area contributed by atoms with Gasteiger partial charge < -0.3 is 4.74 Å². The van der Waals surface area contributed by atoms with Crippen LogP contribution in [0.5, 0.6) is 5.88 Å². The summed E-state index contributed by atoms with van der Waals surface area (Å²) in [5.41, 5.74) is 2.89. The van der Waals surface area contributed by atoms with Gasteiger partial charge in [0.2, 0.25) is 11.7 Å². The number of ether oxygens (including phenoxy) is 1. The minimum atomic E-state index is -0.255. The van der Waals surface area contributed by atoms with Crippen molar-refractivity contribution < 1.29 is 9.53 Å². The summed E-state index contributed by atoms with van der Waals surface area (Å²) in [6.45, 7) is 2.36. The lowest BCUT2D eigenvalue weighted by atomic mass is 10.1. The fourth-order valence-corrected chi connectivity index (χ4v) is 2.98. The zero-order valence-corrected chi connectivity index (χ0v) is 15.3. The summed E-state index contributed by atoms with van der Waals surface area (Å²) in [6, 6.07) is 12.7.